The number of benzene rings is 1. The number of hydrogen-bond donors (Lipinski definition) is 1. The summed E-state index contributed by atoms with van der Waals surface area (Å²) in [4.78, 5) is 13.4. The quantitative estimate of drug-likeness (QED) is 0.826. The molecule has 16 heavy (non-hydrogen) atoms. The van der Waals surface area contributed by atoms with Gasteiger partial charge < -0.3 is 5.43 Å². The second-order valence-corrected chi connectivity index (χ2v) is 3.70. The Kier molecular flexibility index (Phi) is 2.56. The van der Waals surface area contributed by atoms with Crippen molar-refractivity contribution in [3.8, 4) is 5.69 Å². The van der Waals surface area contributed by atoms with Gasteiger partial charge in [-0.2, -0.15) is 4.79 Å². The predicted molar refractivity (Wildman–Crippen MR) is 64.8 cm³/mol. The number of rotatable bonds is 2. The fraction of sp³-hybridized carbons (Fsp3) is 0.250. The summed E-state index contributed by atoms with van der Waals surface area (Å²) in [5.74, 6) is 0. The molecule has 1 N–H and O–H groups in total. The van der Waals surface area contributed by atoms with Gasteiger partial charge in [-0.3, -0.25) is 4.79 Å². The van der Waals surface area contributed by atoms with Crippen LogP contribution in [-0.2, 0) is 0 Å². The highest BCUT2D eigenvalue weighted by Gasteiger charge is 2.13. The first-order valence-corrected chi connectivity index (χ1v) is 5.21. The van der Waals surface area contributed by atoms with Crippen molar-refractivity contribution in [2.45, 2.75) is 13.8 Å². The average molecular weight is 217 g/mol. The molecule has 2 rings (SSSR count). The smallest absolute Gasteiger partial charge is 0.289 e. The zero-order valence-electron chi connectivity index (χ0n) is 9.69. The summed E-state index contributed by atoms with van der Waals surface area (Å²) in [6, 6.07) is 9.81. The molecule has 0 unspecified atom stereocenters. The van der Waals surface area contributed by atoms with Gasteiger partial charge in [-0.1, -0.05) is 18.2 Å². The molecule has 0 aliphatic heterocycles. The summed E-state index contributed by atoms with van der Waals surface area (Å²) in [6.45, 7) is 3.78. The Labute approximate surface area is 94.1 Å². The van der Waals surface area contributed by atoms with Crippen LogP contribution < -0.4 is 11.0 Å². The van der Waals surface area contributed by atoms with E-state index in [9.17, 15) is 4.79 Å². The van der Waals surface area contributed by atoms with Crippen molar-refractivity contribution in [2.75, 3.05) is 12.5 Å². The van der Waals surface area contributed by atoms with Crippen LogP contribution >= 0.6 is 0 Å². The predicted octanol–water partition coefficient (Wildman–Crippen LogP) is 1.43. The minimum Gasteiger partial charge on any atom is -0.311 e. The topological polar surface area (TPSA) is 39.0 Å². The van der Waals surface area contributed by atoms with Crippen molar-refractivity contribution in [1.82, 2.24) is 9.47 Å². The van der Waals surface area contributed by atoms with E-state index in [1.165, 1.54) is 4.79 Å². The molecule has 1 aromatic carbocycles. The Morgan fingerprint density at radius 3 is 2.31 bits per heavy atom. The number of nitrogens with zero attached hydrogens (tertiary/aromatic N) is 2. The SMILES string of the molecule is CNn1c(=O)c(C)c(C)n1-c1ccccc1. The molecule has 4 heteroatoms. The first kappa shape index (κ1) is 10.5. The normalized spacial score (nSPS) is 10.4. The van der Waals surface area contributed by atoms with Gasteiger partial charge in [-0.15, -0.1) is 0 Å². The van der Waals surface area contributed by atoms with Crippen LogP contribution in [0.15, 0.2) is 35.1 Å². The van der Waals surface area contributed by atoms with Crippen LogP contribution in [0.1, 0.15) is 11.3 Å². The minimum atomic E-state index is -0.0103. The highest BCUT2D eigenvalue weighted by atomic mass is 16.1. The van der Waals surface area contributed by atoms with Gasteiger partial charge in [0.15, 0.2) is 0 Å². The van der Waals surface area contributed by atoms with Gasteiger partial charge in [-0.05, 0) is 26.0 Å². The molecule has 0 aliphatic rings. The van der Waals surface area contributed by atoms with Crippen LogP contribution in [0.3, 0.4) is 0 Å². The van der Waals surface area contributed by atoms with Crippen LogP contribution in [0, 0.1) is 13.8 Å². The molecule has 1 aromatic heterocycles. The maximum atomic E-state index is 11.9. The lowest BCUT2D eigenvalue weighted by atomic mass is 10.3. The second-order valence-electron chi connectivity index (χ2n) is 3.70. The molecule has 0 amide bonds. The summed E-state index contributed by atoms with van der Waals surface area (Å²) in [5, 5.41) is 0. The number of nitrogens with one attached hydrogen (secondary N) is 1. The van der Waals surface area contributed by atoms with Crippen molar-refractivity contribution >= 4 is 0 Å². The Bertz CT molecular complexity index is 552. The van der Waals surface area contributed by atoms with E-state index in [2.05, 4.69) is 5.43 Å². The summed E-state index contributed by atoms with van der Waals surface area (Å²) >= 11 is 0. The molecule has 0 fully saturated rings. The zero-order valence-corrected chi connectivity index (χ0v) is 9.69. The first-order valence-electron chi connectivity index (χ1n) is 5.21. The highest BCUT2D eigenvalue weighted by Crippen LogP contribution is 2.11. The van der Waals surface area contributed by atoms with E-state index >= 15 is 0 Å². The molecule has 0 aliphatic carbocycles. The van der Waals surface area contributed by atoms with Gasteiger partial charge >= 0.3 is 0 Å². The maximum absolute atomic E-state index is 11.9. The van der Waals surface area contributed by atoms with Crippen LogP contribution in [0.5, 0.6) is 0 Å². The third-order valence-corrected chi connectivity index (χ3v) is 2.79. The average Bonchev–Trinajstić information content (AvgIpc) is 2.54. The summed E-state index contributed by atoms with van der Waals surface area (Å²) < 4.78 is 1.87. The fourth-order valence-electron chi connectivity index (χ4n) is 1.79. The van der Waals surface area contributed by atoms with Crippen LogP contribution in [0.4, 0.5) is 0 Å². The monoisotopic (exact) mass is 217 g/mol. The molecule has 2 aromatic rings. The van der Waals surface area contributed by atoms with Gasteiger partial charge in [0.1, 0.15) is 0 Å². The third-order valence-electron chi connectivity index (χ3n) is 2.79. The molecule has 0 spiro atoms. The lowest BCUT2D eigenvalue weighted by molar-refractivity contribution is 0.643. The molecule has 0 atom stereocenters. The Morgan fingerprint density at radius 2 is 1.75 bits per heavy atom. The minimum absolute atomic E-state index is 0.0103. The Hall–Kier alpha value is -1.97. The largest absolute Gasteiger partial charge is 0.311 e. The van der Waals surface area contributed by atoms with Crippen molar-refractivity contribution in [3.05, 3.63) is 51.9 Å². The molecular weight excluding hydrogens is 202 g/mol. The molecule has 4 nitrogen and oxygen atoms in total. The standard InChI is InChI=1S/C12H15N3O/c1-9-10(2)14(15(13-3)12(9)16)11-7-5-4-6-8-11/h4-8,13H,1-3H3. The van der Waals surface area contributed by atoms with Crippen molar-refractivity contribution in [2.24, 2.45) is 0 Å². The van der Waals surface area contributed by atoms with Crippen LogP contribution in [-0.4, -0.2) is 16.5 Å². The maximum Gasteiger partial charge on any atom is 0.289 e. The first-order chi connectivity index (χ1) is 7.66. The number of para-hydroxylation sites is 1. The Morgan fingerprint density at radius 1 is 1.12 bits per heavy atom. The number of hydrogen-bond acceptors (Lipinski definition) is 2. The summed E-state index contributed by atoms with van der Waals surface area (Å²) in [6.07, 6.45) is 0. The van der Waals surface area contributed by atoms with Crippen molar-refractivity contribution in [1.29, 1.82) is 0 Å². The molecule has 1 heterocycles. The summed E-state index contributed by atoms with van der Waals surface area (Å²) in [5.41, 5.74) is 5.56. The van der Waals surface area contributed by atoms with Crippen molar-refractivity contribution in [3.63, 3.8) is 0 Å². The zero-order chi connectivity index (χ0) is 11.7. The van der Waals surface area contributed by atoms with E-state index in [1.807, 2.05) is 48.9 Å². The lowest BCUT2D eigenvalue weighted by Crippen LogP contribution is -2.29. The van der Waals surface area contributed by atoms with Gasteiger partial charge in [0.05, 0.1) is 5.69 Å². The number of aromatic nitrogens is 2. The summed E-state index contributed by atoms with van der Waals surface area (Å²) in [7, 11) is 1.74. The Balaban J connectivity index is 2.75. The molecular formula is C12H15N3O. The molecule has 0 radical (unpaired) electrons. The highest BCUT2D eigenvalue weighted by molar-refractivity contribution is 5.34. The van der Waals surface area contributed by atoms with E-state index in [-0.39, 0.29) is 5.56 Å². The van der Waals surface area contributed by atoms with Crippen LogP contribution in [0.2, 0.25) is 0 Å². The van der Waals surface area contributed by atoms with E-state index in [1.54, 1.807) is 7.05 Å². The van der Waals surface area contributed by atoms with E-state index in [0.717, 1.165) is 16.9 Å². The van der Waals surface area contributed by atoms with Gasteiger partial charge in [-0.25, -0.2) is 4.68 Å². The van der Waals surface area contributed by atoms with E-state index in [4.69, 9.17) is 0 Å². The molecule has 84 valence electrons. The van der Waals surface area contributed by atoms with Crippen molar-refractivity contribution < 1.29 is 0 Å². The molecule has 0 saturated carbocycles. The van der Waals surface area contributed by atoms with E-state index in [0.29, 0.717) is 0 Å². The fourth-order valence-corrected chi connectivity index (χ4v) is 1.79. The van der Waals surface area contributed by atoms with Gasteiger partial charge in [0.2, 0.25) is 0 Å². The van der Waals surface area contributed by atoms with Crippen LogP contribution in [0.25, 0.3) is 5.69 Å². The molecule has 0 saturated heterocycles. The lowest BCUT2D eigenvalue weighted by Gasteiger charge is -2.12. The van der Waals surface area contributed by atoms with Gasteiger partial charge in [0, 0.05) is 18.3 Å². The van der Waals surface area contributed by atoms with E-state index < -0.39 is 0 Å². The third kappa shape index (κ3) is 1.43. The van der Waals surface area contributed by atoms with Gasteiger partial charge in [0.25, 0.3) is 5.56 Å². The molecule has 0 bridgehead atoms. The second kappa shape index (κ2) is 3.89.